The van der Waals surface area contributed by atoms with Gasteiger partial charge in [0.2, 0.25) is 0 Å². The van der Waals surface area contributed by atoms with Crippen molar-refractivity contribution < 1.29 is 24.2 Å². The number of carbonyl (C=O) groups is 2. The van der Waals surface area contributed by atoms with Gasteiger partial charge in [0.05, 0.1) is 35.5 Å². The summed E-state index contributed by atoms with van der Waals surface area (Å²) in [4.78, 5) is 33.1. The zero-order valence-corrected chi connectivity index (χ0v) is 23.0. The number of unbranched alkanes of at least 4 members (excludes halogenated alkanes) is 2. The molecule has 200 valence electrons. The van der Waals surface area contributed by atoms with Gasteiger partial charge in [0.25, 0.3) is 5.78 Å². The van der Waals surface area contributed by atoms with E-state index in [1.54, 1.807) is 49.6 Å². The summed E-state index contributed by atoms with van der Waals surface area (Å²) in [5.74, 6) is -0.693. The molecular formula is C31H30N2O5S. The number of benzene rings is 3. The Morgan fingerprint density at radius 3 is 2.56 bits per heavy atom. The number of aryl methyl sites for hydroxylation is 1. The highest BCUT2D eigenvalue weighted by atomic mass is 32.1. The monoisotopic (exact) mass is 542 g/mol. The molecule has 1 aromatic heterocycles. The third-order valence-electron chi connectivity index (χ3n) is 6.74. The Morgan fingerprint density at radius 2 is 1.82 bits per heavy atom. The van der Waals surface area contributed by atoms with Crippen LogP contribution in [0.5, 0.6) is 11.5 Å². The Labute approximate surface area is 231 Å². The van der Waals surface area contributed by atoms with Crippen molar-refractivity contribution in [3.63, 3.8) is 0 Å². The number of hydrogen-bond acceptors (Lipinski definition) is 7. The van der Waals surface area contributed by atoms with Gasteiger partial charge in [-0.3, -0.25) is 14.5 Å². The number of carbonyl (C=O) groups excluding carboxylic acids is 2. The van der Waals surface area contributed by atoms with E-state index in [1.165, 1.54) is 16.2 Å². The van der Waals surface area contributed by atoms with E-state index >= 15 is 0 Å². The number of aromatic nitrogens is 1. The average Bonchev–Trinajstić information content (AvgIpc) is 3.48. The van der Waals surface area contributed by atoms with Crippen LogP contribution in [-0.2, 0) is 9.59 Å². The maximum absolute atomic E-state index is 13.5. The topological polar surface area (TPSA) is 89.0 Å². The summed E-state index contributed by atoms with van der Waals surface area (Å²) in [5, 5.41) is 11.7. The number of Topliss-reactive ketones (excluding diaryl/α,β-unsaturated/α-hetero) is 1. The van der Waals surface area contributed by atoms with E-state index in [0.717, 1.165) is 35.0 Å². The molecule has 1 unspecified atom stereocenters. The van der Waals surface area contributed by atoms with Crippen molar-refractivity contribution in [3.8, 4) is 11.5 Å². The molecule has 39 heavy (non-hydrogen) atoms. The van der Waals surface area contributed by atoms with Gasteiger partial charge in [-0.2, -0.15) is 0 Å². The molecule has 0 radical (unpaired) electrons. The van der Waals surface area contributed by atoms with Crippen LogP contribution in [0.2, 0.25) is 0 Å². The molecular weight excluding hydrogens is 512 g/mol. The Bertz CT molecular complexity index is 1560. The highest BCUT2D eigenvalue weighted by molar-refractivity contribution is 7.22. The lowest BCUT2D eigenvalue weighted by Crippen LogP contribution is -2.29. The van der Waals surface area contributed by atoms with E-state index in [-0.39, 0.29) is 11.3 Å². The normalized spacial score (nSPS) is 16.7. The molecule has 1 atom stereocenters. The van der Waals surface area contributed by atoms with Crippen LogP contribution >= 0.6 is 11.3 Å². The molecule has 1 fully saturated rings. The minimum Gasteiger partial charge on any atom is -0.507 e. The number of ketones is 1. The zero-order valence-electron chi connectivity index (χ0n) is 22.1. The molecule has 1 amide bonds. The fourth-order valence-corrected chi connectivity index (χ4v) is 5.82. The molecule has 4 aromatic rings. The van der Waals surface area contributed by atoms with E-state index < -0.39 is 17.7 Å². The number of methoxy groups -OCH3 is 1. The molecule has 3 aromatic carbocycles. The summed E-state index contributed by atoms with van der Waals surface area (Å²) in [6, 6.07) is 19.0. The van der Waals surface area contributed by atoms with Crippen LogP contribution in [0.3, 0.4) is 0 Å². The van der Waals surface area contributed by atoms with E-state index in [9.17, 15) is 14.7 Å². The molecule has 1 N–H and O–H groups in total. The highest BCUT2D eigenvalue weighted by Gasteiger charge is 2.48. The number of fused-ring (bicyclic) bond motifs is 1. The van der Waals surface area contributed by atoms with Gasteiger partial charge in [-0.05, 0) is 48.7 Å². The third kappa shape index (κ3) is 5.12. The van der Waals surface area contributed by atoms with Crippen molar-refractivity contribution in [2.24, 2.45) is 0 Å². The smallest absolute Gasteiger partial charge is 0.301 e. The summed E-state index contributed by atoms with van der Waals surface area (Å²) in [7, 11) is 1.55. The SMILES string of the molecule is CCCCCOc1ccc(C2/C(=C(\O)c3ccccc3)C(=O)C(=O)N2c2nc3ccc(C)cc3s2)cc1OC. The standard InChI is InChI=1S/C31H30N2O5S/c1-4-5-9-16-38-23-15-13-21(18-24(23)37-3)27-26(28(34)20-10-7-6-8-11-20)29(35)30(36)33(27)31-32-22-14-12-19(2)17-25(22)39-31/h6-8,10-15,17-18,27,34H,4-5,9,16H2,1-3H3/b28-26+. The largest absolute Gasteiger partial charge is 0.507 e. The second kappa shape index (κ2) is 11.3. The van der Waals surface area contributed by atoms with Crippen LogP contribution in [-0.4, -0.2) is 35.5 Å². The zero-order chi connectivity index (χ0) is 27.5. The number of nitrogens with zero attached hydrogens (tertiary/aromatic N) is 2. The molecule has 0 saturated carbocycles. The van der Waals surface area contributed by atoms with Gasteiger partial charge in [-0.1, -0.05) is 73.6 Å². The van der Waals surface area contributed by atoms with Crippen molar-refractivity contribution in [2.45, 2.75) is 39.2 Å². The first-order valence-electron chi connectivity index (χ1n) is 13.0. The van der Waals surface area contributed by atoms with Crippen molar-refractivity contribution in [2.75, 3.05) is 18.6 Å². The Hall–Kier alpha value is -4.17. The molecule has 1 saturated heterocycles. The number of amides is 1. The summed E-state index contributed by atoms with van der Waals surface area (Å²) in [6.07, 6.45) is 3.08. The number of rotatable bonds is 9. The summed E-state index contributed by atoms with van der Waals surface area (Å²) >= 11 is 1.33. The van der Waals surface area contributed by atoms with Gasteiger partial charge >= 0.3 is 5.91 Å². The molecule has 1 aliphatic heterocycles. The summed E-state index contributed by atoms with van der Waals surface area (Å²) in [5.41, 5.74) is 2.85. The lowest BCUT2D eigenvalue weighted by Gasteiger charge is -2.24. The van der Waals surface area contributed by atoms with E-state index in [1.807, 2.05) is 31.2 Å². The Morgan fingerprint density at radius 1 is 1.03 bits per heavy atom. The lowest BCUT2D eigenvalue weighted by atomic mass is 9.95. The molecule has 0 bridgehead atoms. The Balaban J connectivity index is 1.65. The van der Waals surface area contributed by atoms with Crippen molar-refractivity contribution in [1.82, 2.24) is 4.98 Å². The van der Waals surface area contributed by atoms with Gasteiger partial charge in [0.1, 0.15) is 5.76 Å². The van der Waals surface area contributed by atoms with Crippen LogP contribution < -0.4 is 14.4 Å². The first-order valence-corrected chi connectivity index (χ1v) is 13.8. The van der Waals surface area contributed by atoms with Crippen molar-refractivity contribution in [1.29, 1.82) is 0 Å². The van der Waals surface area contributed by atoms with Gasteiger partial charge in [-0.25, -0.2) is 4.98 Å². The second-order valence-electron chi connectivity index (χ2n) is 9.47. The summed E-state index contributed by atoms with van der Waals surface area (Å²) in [6.45, 7) is 4.68. The minimum absolute atomic E-state index is 0.000281. The summed E-state index contributed by atoms with van der Waals surface area (Å²) < 4.78 is 12.5. The molecule has 7 nitrogen and oxygen atoms in total. The van der Waals surface area contributed by atoms with Crippen LogP contribution in [0, 0.1) is 6.92 Å². The van der Waals surface area contributed by atoms with Crippen LogP contribution in [0.15, 0.2) is 72.3 Å². The number of thiazole rings is 1. The minimum atomic E-state index is -0.907. The number of aliphatic hydroxyl groups excluding tert-OH is 1. The average molecular weight is 543 g/mol. The third-order valence-corrected chi connectivity index (χ3v) is 7.76. The maximum Gasteiger partial charge on any atom is 0.301 e. The van der Waals surface area contributed by atoms with Gasteiger partial charge in [0, 0.05) is 5.56 Å². The Kier molecular flexibility index (Phi) is 7.65. The van der Waals surface area contributed by atoms with E-state index in [0.29, 0.717) is 34.4 Å². The van der Waals surface area contributed by atoms with Gasteiger partial charge < -0.3 is 14.6 Å². The number of hydrogen-bond donors (Lipinski definition) is 1. The molecule has 8 heteroatoms. The maximum atomic E-state index is 13.5. The second-order valence-corrected chi connectivity index (χ2v) is 10.5. The van der Waals surface area contributed by atoms with Crippen molar-refractivity contribution >= 4 is 44.1 Å². The quantitative estimate of drug-likeness (QED) is 0.108. The van der Waals surface area contributed by atoms with Gasteiger partial charge in [0.15, 0.2) is 16.6 Å². The fourth-order valence-electron chi connectivity index (χ4n) is 4.73. The highest BCUT2D eigenvalue weighted by Crippen LogP contribution is 2.46. The first kappa shape index (κ1) is 26.4. The molecule has 1 aliphatic rings. The number of anilines is 1. The lowest BCUT2D eigenvalue weighted by molar-refractivity contribution is -0.132. The van der Waals surface area contributed by atoms with E-state index in [4.69, 9.17) is 14.5 Å². The molecule has 5 rings (SSSR count). The predicted molar refractivity (Wildman–Crippen MR) is 154 cm³/mol. The molecule has 0 spiro atoms. The van der Waals surface area contributed by atoms with Gasteiger partial charge in [-0.15, -0.1) is 0 Å². The number of ether oxygens (including phenoxy) is 2. The van der Waals surface area contributed by atoms with E-state index in [2.05, 4.69) is 6.92 Å². The van der Waals surface area contributed by atoms with Crippen LogP contribution in [0.25, 0.3) is 16.0 Å². The van der Waals surface area contributed by atoms with Crippen molar-refractivity contribution in [3.05, 3.63) is 89.0 Å². The van der Waals surface area contributed by atoms with Crippen LogP contribution in [0.1, 0.15) is 48.9 Å². The molecule has 2 heterocycles. The molecule has 0 aliphatic carbocycles. The fraction of sp³-hybridized carbons (Fsp3) is 0.258. The number of aliphatic hydroxyl groups is 1. The predicted octanol–water partition coefficient (Wildman–Crippen LogP) is 6.81. The first-order chi connectivity index (χ1) is 18.9. The van der Waals surface area contributed by atoms with Crippen LogP contribution in [0.4, 0.5) is 5.13 Å².